The van der Waals surface area contributed by atoms with Gasteiger partial charge in [-0.2, -0.15) is 0 Å². The first-order valence-corrected chi connectivity index (χ1v) is 7.17. The van der Waals surface area contributed by atoms with Crippen molar-refractivity contribution in [3.63, 3.8) is 0 Å². The maximum Gasteiger partial charge on any atom is 0.123 e. The third-order valence-corrected chi connectivity index (χ3v) is 4.16. The molecular formula is C16H25NO. The maximum absolute atomic E-state index is 5.51. The molecule has 0 aliphatic heterocycles. The van der Waals surface area contributed by atoms with Crippen LogP contribution in [0.3, 0.4) is 0 Å². The summed E-state index contributed by atoms with van der Waals surface area (Å²) in [5, 5.41) is 3.51. The number of hydrogen-bond acceptors (Lipinski definition) is 2. The molecule has 2 rings (SSSR count). The number of para-hydroxylation sites is 1. The van der Waals surface area contributed by atoms with E-state index in [4.69, 9.17) is 4.74 Å². The monoisotopic (exact) mass is 247 g/mol. The molecule has 0 radical (unpaired) electrons. The molecule has 1 fully saturated rings. The van der Waals surface area contributed by atoms with Crippen LogP contribution in [0.2, 0.25) is 0 Å². The second-order valence-electron chi connectivity index (χ2n) is 5.26. The van der Waals surface area contributed by atoms with Crippen LogP contribution in [0.4, 0.5) is 0 Å². The topological polar surface area (TPSA) is 21.3 Å². The molecule has 1 aliphatic carbocycles. The second kappa shape index (κ2) is 6.79. The molecule has 1 N–H and O–H groups in total. The molecule has 1 unspecified atom stereocenters. The lowest BCUT2D eigenvalue weighted by Crippen LogP contribution is -2.25. The average Bonchev–Trinajstić information content (AvgIpc) is 2.69. The zero-order valence-corrected chi connectivity index (χ0v) is 11.6. The molecular weight excluding hydrogens is 222 g/mol. The summed E-state index contributed by atoms with van der Waals surface area (Å²) in [6.45, 7) is 0. The highest BCUT2D eigenvalue weighted by atomic mass is 16.5. The van der Waals surface area contributed by atoms with Crippen molar-refractivity contribution in [3.05, 3.63) is 29.8 Å². The zero-order valence-electron chi connectivity index (χ0n) is 11.6. The first-order chi connectivity index (χ1) is 8.86. The average molecular weight is 247 g/mol. The van der Waals surface area contributed by atoms with Gasteiger partial charge in [0.1, 0.15) is 5.75 Å². The van der Waals surface area contributed by atoms with Gasteiger partial charge in [0, 0.05) is 11.6 Å². The third kappa shape index (κ3) is 3.05. The van der Waals surface area contributed by atoms with E-state index in [1.165, 1.54) is 44.1 Å². The molecule has 1 atom stereocenters. The Hall–Kier alpha value is -1.02. The van der Waals surface area contributed by atoms with Crippen LogP contribution < -0.4 is 10.1 Å². The second-order valence-corrected chi connectivity index (χ2v) is 5.26. The molecule has 0 saturated heterocycles. The van der Waals surface area contributed by atoms with Crippen LogP contribution in [0.25, 0.3) is 0 Å². The fraction of sp³-hybridized carbons (Fsp3) is 0.625. The van der Waals surface area contributed by atoms with Crippen molar-refractivity contribution in [1.29, 1.82) is 0 Å². The van der Waals surface area contributed by atoms with Crippen molar-refractivity contribution < 1.29 is 4.74 Å². The van der Waals surface area contributed by atoms with E-state index >= 15 is 0 Å². The maximum atomic E-state index is 5.51. The summed E-state index contributed by atoms with van der Waals surface area (Å²) in [7, 11) is 3.83. The predicted octanol–water partition coefficient (Wildman–Crippen LogP) is 3.93. The molecule has 0 spiro atoms. The van der Waals surface area contributed by atoms with Crippen molar-refractivity contribution in [3.8, 4) is 5.75 Å². The molecule has 1 saturated carbocycles. The number of rotatable bonds is 4. The van der Waals surface area contributed by atoms with Gasteiger partial charge in [0.2, 0.25) is 0 Å². The van der Waals surface area contributed by atoms with E-state index in [9.17, 15) is 0 Å². The molecule has 0 bridgehead atoms. The van der Waals surface area contributed by atoms with E-state index in [1.54, 1.807) is 7.11 Å². The highest BCUT2D eigenvalue weighted by molar-refractivity contribution is 5.36. The Morgan fingerprint density at radius 3 is 2.39 bits per heavy atom. The van der Waals surface area contributed by atoms with Crippen LogP contribution in [0.1, 0.15) is 50.1 Å². The van der Waals surface area contributed by atoms with Gasteiger partial charge in [-0.15, -0.1) is 0 Å². The fourth-order valence-corrected chi connectivity index (χ4v) is 3.21. The van der Waals surface area contributed by atoms with Crippen molar-refractivity contribution in [2.75, 3.05) is 14.2 Å². The Labute approximate surface area is 111 Å². The van der Waals surface area contributed by atoms with Gasteiger partial charge >= 0.3 is 0 Å². The molecule has 0 heterocycles. The minimum atomic E-state index is 0.430. The number of nitrogens with one attached hydrogen (secondary N) is 1. The lowest BCUT2D eigenvalue weighted by atomic mass is 9.87. The van der Waals surface area contributed by atoms with Crippen LogP contribution in [0.15, 0.2) is 24.3 Å². The van der Waals surface area contributed by atoms with Crippen molar-refractivity contribution in [2.45, 2.75) is 44.6 Å². The van der Waals surface area contributed by atoms with E-state index in [0.29, 0.717) is 6.04 Å². The Kier molecular flexibility index (Phi) is 5.06. The SMILES string of the molecule is CNC(c1ccccc1OC)C1CCCCCC1. The molecule has 2 heteroatoms. The van der Waals surface area contributed by atoms with Crippen LogP contribution >= 0.6 is 0 Å². The van der Waals surface area contributed by atoms with Crippen molar-refractivity contribution in [1.82, 2.24) is 5.32 Å². The van der Waals surface area contributed by atoms with Gasteiger partial charge < -0.3 is 10.1 Å². The summed E-state index contributed by atoms with van der Waals surface area (Å²) in [4.78, 5) is 0. The fourth-order valence-electron chi connectivity index (χ4n) is 3.21. The van der Waals surface area contributed by atoms with Gasteiger partial charge in [-0.25, -0.2) is 0 Å². The first kappa shape index (κ1) is 13.4. The number of hydrogen-bond donors (Lipinski definition) is 1. The lowest BCUT2D eigenvalue weighted by molar-refractivity contribution is 0.326. The summed E-state index contributed by atoms with van der Waals surface area (Å²) < 4.78 is 5.51. The van der Waals surface area contributed by atoms with Gasteiger partial charge in [0.15, 0.2) is 0 Å². The summed E-state index contributed by atoms with van der Waals surface area (Å²) in [6, 6.07) is 8.85. The van der Waals surface area contributed by atoms with E-state index in [0.717, 1.165) is 11.7 Å². The van der Waals surface area contributed by atoms with E-state index in [2.05, 4.69) is 30.6 Å². The molecule has 1 aromatic rings. The third-order valence-electron chi connectivity index (χ3n) is 4.16. The smallest absolute Gasteiger partial charge is 0.123 e. The van der Waals surface area contributed by atoms with Gasteiger partial charge in [-0.05, 0) is 31.9 Å². The number of benzene rings is 1. The Morgan fingerprint density at radius 2 is 1.78 bits per heavy atom. The summed E-state index contributed by atoms with van der Waals surface area (Å²) >= 11 is 0. The Balaban J connectivity index is 2.20. The van der Waals surface area contributed by atoms with Gasteiger partial charge in [0.25, 0.3) is 0 Å². The van der Waals surface area contributed by atoms with E-state index in [-0.39, 0.29) is 0 Å². The van der Waals surface area contributed by atoms with Crippen LogP contribution in [-0.2, 0) is 0 Å². The normalized spacial score (nSPS) is 19.2. The van der Waals surface area contributed by atoms with Crippen LogP contribution in [-0.4, -0.2) is 14.2 Å². The predicted molar refractivity (Wildman–Crippen MR) is 76.0 cm³/mol. The van der Waals surface area contributed by atoms with Gasteiger partial charge in [-0.3, -0.25) is 0 Å². The minimum absolute atomic E-state index is 0.430. The van der Waals surface area contributed by atoms with Crippen molar-refractivity contribution in [2.24, 2.45) is 5.92 Å². The molecule has 18 heavy (non-hydrogen) atoms. The number of ether oxygens (including phenoxy) is 1. The lowest BCUT2D eigenvalue weighted by Gasteiger charge is -2.27. The highest BCUT2D eigenvalue weighted by Gasteiger charge is 2.24. The Morgan fingerprint density at radius 1 is 1.11 bits per heavy atom. The minimum Gasteiger partial charge on any atom is -0.496 e. The molecule has 2 nitrogen and oxygen atoms in total. The van der Waals surface area contributed by atoms with Gasteiger partial charge in [-0.1, -0.05) is 43.9 Å². The molecule has 1 aromatic carbocycles. The summed E-state index contributed by atoms with van der Waals surface area (Å²) in [5.74, 6) is 1.76. The molecule has 0 amide bonds. The Bertz CT molecular complexity index is 356. The standard InChI is InChI=1S/C16H25NO/c1-17-16(13-9-5-3-4-6-10-13)14-11-7-8-12-15(14)18-2/h7-8,11-13,16-17H,3-6,9-10H2,1-2H3. The van der Waals surface area contributed by atoms with E-state index in [1.807, 2.05) is 6.07 Å². The van der Waals surface area contributed by atoms with E-state index < -0.39 is 0 Å². The molecule has 1 aliphatic rings. The zero-order chi connectivity index (χ0) is 12.8. The first-order valence-electron chi connectivity index (χ1n) is 7.17. The highest BCUT2D eigenvalue weighted by Crippen LogP contribution is 2.36. The summed E-state index contributed by atoms with van der Waals surface area (Å²) in [6.07, 6.45) is 8.22. The van der Waals surface area contributed by atoms with Crippen LogP contribution in [0.5, 0.6) is 5.75 Å². The quantitative estimate of drug-likeness (QED) is 0.814. The van der Waals surface area contributed by atoms with Crippen molar-refractivity contribution >= 4 is 0 Å². The number of methoxy groups -OCH3 is 1. The molecule has 100 valence electrons. The summed E-state index contributed by atoms with van der Waals surface area (Å²) in [5.41, 5.74) is 1.31. The van der Waals surface area contributed by atoms with Crippen LogP contribution in [0, 0.1) is 5.92 Å². The molecule has 0 aromatic heterocycles. The largest absolute Gasteiger partial charge is 0.496 e. The van der Waals surface area contributed by atoms with Gasteiger partial charge in [0.05, 0.1) is 7.11 Å².